The van der Waals surface area contributed by atoms with E-state index >= 15 is 0 Å². The fourth-order valence-electron chi connectivity index (χ4n) is 3.59. The standard InChI is InChI=1S/C20H20N6O3S/c1-2-30(27,28)25-13-3-5-16-15(11-13)19(24-23-16)20-21-17-6-4-14(12-18(17)22-20)26-7-9-29-10-8-26/h2-6,11-12,25H,1,7-10H2,(H,21,22)(H,23,24). The van der Waals surface area contributed by atoms with Gasteiger partial charge in [-0.2, -0.15) is 5.10 Å². The number of benzene rings is 2. The average molecular weight is 424 g/mol. The van der Waals surface area contributed by atoms with E-state index in [0.29, 0.717) is 17.2 Å². The van der Waals surface area contributed by atoms with Crippen molar-refractivity contribution in [2.45, 2.75) is 0 Å². The number of morpholine rings is 1. The number of H-pyrrole nitrogens is 2. The van der Waals surface area contributed by atoms with Crippen LogP contribution < -0.4 is 9.62 Å². The summed E-state index contributed by atoms with van der Waals surface area (Å²) >= 11 is 0. The molecule has 2 aromatic carbocycles. The van der Waals surface area contributed by atoms with Gasteiger partial charge in [0.25, 0.3) is 10.0 Å². The number of fused-ring (bicyclic) bond motifs is 2. The Morgan fingerprint density at radius 3 is 2.77 bits per heavy atom. The van der Waals surface area contributed by atoms with Gasteiger partial charge in [-0.15, -0.1) is 0 Å². The van der Waals surface area contributed by atoms with Crippen molar-refractivity contribution in [3.05, 3.63) is 48.4 Å². The van der Waals surface area contributed by atoms with E-state index in [0.717, 1.165) is 59.3 Å². The highest BCUT2D eigenvalue weighted by atomic mass is 32.2. The zero-order valence-corrected chi connectivity index (χ0v) is 16.9. The molecule has 3 N–H and O–H groups in total. The highest BCUT2D eigenvalue weighted by Gasteiger charge is 2.16. The first-order valence-corrected chi connectivity index (χ1v) is 11.0. The van der Waals surface area contributed by atoms with E-state index in [1.807, 2.05) is 6.07 Å². The van der Waals surface area contributed by atoms with Crippen LogP contribution in [0, 0.1) is 0 Å². The van der Waals surface area contributed by atoms with Gasteiger partial charge < -0.3 is 14.6 Å². The quantitative estimate of drug-likeness (QED) is 0.454. The third-order valence-corrected chi connectivity index (χ3v) is 6.07. The molecule has 0 spiro atoms. The van der Waals surface area contributed by atoms with Crippen LogP contribution in [-0.4, -0.2) is 54.9 Å². The van der Waals surface area contributed by atoms with Gasteiger partial charge in [0.1, 0.15) is 5.69 Å². The van der Waals surface area contributed by atoms with E-state index in [2.05, 4.69) is 48.5 Å². The highest BCUT2D eigenvalue weighted by molar-refractivity contribution is 7.95. The van der Waals surface area contributed by atoms with Gasteiger partial charge in [0, 0.05) is 35.3 Å². The minimum atomic E-state index is -3.59. The van der Waals surface area contributed by atoms with E-state index in [1.165, 1.54) is 0 Å². The molecular weight excluding hydrogens is 404 g/mol. The first-order chi connectivity index (χ1) is 14.5. The fraction of sp³-hybridized carbons (Fsp3) is 0.200. The molecule has 1 saturated heterocycles. The predicted molar refractivity (Wildman–Crippen MR) is 117 cm³/mol. The van der Waals surface area contributed by atoms with Gasteiger partial charge in [0.05, 0.1) is 29.8 Å². The molecule has 0 saturated carbocycles. The Morgan fingerprint density at radius 1 is 1.13 bits per heavy atom. The molecular formula is C20H20N6O3S. The van der Waals surface area contributed by atoms with Crippen molar-refractivity contribution >= 4 is 43.3 Å². The van der Waals surface area contributed by atoms with E-state index in [4.69, 9.17) is 4.74 Å². The van der Waals surface area contributed by atoms with Crippen LogP contribution in [0.15, 0.2) is 48.4 Å². The van der Waals surface area contributed by atoms with Gasteiger partial charge in [-0.3, -0.25) is 9.82 Å². The van der Waals surface area contributed by atoms with Crippen molar-refractivity contribution in [2.75, 3.05) is 35.9 Å². The lowest BCUT2D eigenvalue weighted by Gasteiger charge is -2.28. The molecule has 0 unspecified atom stereocenters. The summed E-state index contributed by atoms with van der Waals surface area (Å²) in [5, 5.41) is 8.99. The Bertz CT molecular complexity index is 1350. The Labute approximate surface area is 172 Å². The van der Waals surface area contributed by atoms with Crippen molar-refractivity contribution in [1.29, 1.82) is 0 Å². The van der Waals surface area contributed by atoms with Crippen LogP contribution in [0.2, 0.25) is 0 Å². The van der Waals surface area contributed by atoms with Crippen LogP contribution in [0.1, 0.15) is 0 Å². The monoisotopic (exact) mass is 424 g/mol. The molecule has 0 radical (unpaired) electrons. The van der Waals surface area contributed by atoms with Crippen LogP contribution in [0.25, 0.3) is 33.5 Å². The molecule has 0 amide bonds. The molecule has 0 atom stereocenters. The lowest BCUT2D eigenvalue weighted by molar-refractivity contribution is 0.122. The summed E-state index contributed by atoms with van der Waals surface area (Å²) in [4.78, 5) is 10.3. The van der Waals surface area contributed by atoms with Gasteiger partial charge in [-0.1, -0.05) is 6.58 Å². The molecule has 4 aromatic rings. The van der Waals surface area contributed by atoms with Crippen LogP contribution in [0.4, 0.5) is 11.4 Å². The zero-order valence-electron chi connectivity index (χ0n) is 16.1. The summed E-state index contributed by atoms with van der Waals surface area (Å²) in [7, 11) is -3.59. The number of aromatic amines is 2. The number of rotatable bonds is 5. The summed E-state index contributed by atoms with van der Waals surface area (Å²) in [5.74, 6) is 0.610. The molecule has 1 fully saturated rings. The second-order valence-electron chi connectivity index (χ2n) is 7.03. The van der Waals surface area contributed by atoms with Crippen LogP contribution in [-0.2, 0) is 14.8 Å². The van der Waals surface area contributed by atoms with Crippen molar-refractivity contribution < 1.29 is 13.2 Å². The maximum absolute atomic E-state index is 11.8. The normalized spacial score (nSPS) is 15.0. The van der Waals surface area contributed by atoms with Gasteiger partial charge in [0.15, 0.2) is 5.82 Å². The van der Waals surface area contributed by atoms with Crippen molar-refractivity contribution in [3.63, 3.8) is 0 Å². The minimum absolute atomic E-state index is 0.427. The van der Waals surface area contributed by atoms with Gasteiger partial charge in [-0.05, 0) is 36.4 Å². The number of ether oxygens (including phenoxy) is 1. The molecule has 10 heteroatoms. The molecule has 0 bridgehead atoms. The van der Waals surface area contributed by atoms with Crippen LogP contribution >= 0.6 is 0 Å². The lowest BCUT2D eigenvalue weighted by atomic mass is 10.2. The number of aromatic nitrogens is 4. The highest BCUT2D eigenvalue weighted by Crippen LogP contribution is 2.30. The lowest BCUT2D eigenvalue weighted by Crippen LogP contribution is -2.36. The summed E-state index contributed by atoms with van der Waals surface area (Å²) in [5.41, 5.74) is 4.69. The number of nitrogens with zero attached hydrogens (tertiary/aromatic N) is 3. The second kappa shape index (κ2) is 7.15. The maximum Gasteiger partial charge on any atom is 0.254 e. The van der Waals surface area contributed by atoms with Crippen molar-refractivity contribution in [1.82, 2.24) is 20.2 Å². The average Bonchev–Trinajstić information content (AvgIpc) is 3.37. The Balaban J connectivity index is 1.53. The fourth-order valence-corrected chi connectivity index (χ4v) is 4.13. The number of nitrogens with one attached hydrogen (secondary N) is 3. The van der Waals surface area contributed by atoms with E-state index < -0.39 is 10.0 Å². The molecule has 9 nitrogen and oxygen atoms in total. The second-order valence-corrected chi connectivity index (χ2v) is 8.66. The van der Waals surface area contributed by atoms with Crippen molar-refractivity contribution in [3.8, 4) is 11.5 Å². The number of hydrogen-bond donors (Lipinski definition) is 3. The molecule has 30 heavy (non-hydrogen) atoms. The summed E-state index contributed by atoms with van der Waals surface area (Å²) in [6, 6.07) is 11.3. The van der Waals surface area contributed by atoms with Gasteiger partial charge in [-0.25, -0.2) is 13.4 Å². The summed E-state index contributed by atoms with van der Waals surface area (Å²) in [6.07, 6.45) is 0. The summed E-state index contributed by atoms with van der Waals surface area (Å²) < 4.78 is 31.5. The minimum Gasteiger partial charge on any atom is -0.378 e. The first-order valence-electron chi connectivity index (χ1n) is 9.49. The van der Waals surface area contributed by atoms with Crippen LogP contribution in [0.3, 0.4) is 0 Å². The Kier molecular flexibility index (Phi) is 4.44. The Morgan fingerprint density at radius 2 is 1.97 bits per heavy atom. The molecule has 5 rings (SSSR count). The zero-order chi connectivity index (χ0) is 20.7. The Hall–Kier alpha value is -3.37. The molecule has 154 valence electrons. The number of hydrogen-bond acceptors (Lipinski definition) is 6. The third kappa shape index (κ3) is 3.40. The predicted octanol–water partition coefficient (Wildman–Crippen LogP) is 2.83. The number of imidazole rings is 1. The van der Waals surface area contributed by atoms with E-state index in [9.17, 15) is 8.42 Å². The van der Waals surface area contributed by atoms with Crippen LogP contribution in [0.5, 0.6) is 0 Å². The number of sulfonamides is 1. The van der Waals surface area contributed by atoms with Gasteiger partial charge >= 0.3 is 0 Å². The number of anilines is 2. The molecule has 1 aliphatic rings. The van der Waals surface area contributed by atoms with Crippen molar-refractivity contribution in [2.24, 2.45) is 0 Å². The van der Waals surface area contributed by atoms with E-state index in [1.54, 1.807) is 18.2 Å². The maximum atomic E-state index is 11.8. The first kappa shape index (κ1) is 18.6. The third-order valence-electron chi connectivity index (χ3n) is 5.11. The molecule has 3 heterocycles. The largest absolute Gasteiger partial charge is 0.378 e. The van der Waals surface area contributed by atoms with E-state index in [-0.39, 0.29) is 0 Å². The SMILES string of the molecule is C=CS(=O)(=O)Nc1ccc2[nH]nc(-c3nc4ccc(N5CCOCC5)cc4[nH]3)c2c1. The topological polar surface area (TPSA) is 116 Å². The molecule has 2 aromatic heterocycles. The summed E-state index contributed by atoms with van der Waals surface area (Å²) in [6.45, 7) is 6.49. The molecule has 1 aliphatic heterocycles. The van der Waals surface area contributed by atoms with Gasteiger partial charge in [0.2, 0.25) is 0 Å². The molecule has 0 aliphatic carbocycles. The smallest absolute Gasteiger partial charge is 0.254 e.